The van der Waals surface area contributed by atoms with Crippen molar-refractivity contribution in [3.05, 3.63) is 78.5 Å². The van der Waals surface area contributed by atoms with E-state index >= 15 is 0 Å². The van der Waals surface area contributed by atoms with Gasteiger partial charge in [0.2, 0.25) is 12.2 Å². The van der Waals surface area contributed by atoms with E-state index in [1.165, 1.54) is 12.1 Å². The van der Waals surface area contributed by atoms with Crippen molar-refractivity contribution in [2.24, 2.45) is 5.41 Å². The summed E-state index contributed by atoms with van der Waals surface area (Å²) in [6.07, 6.45) is 0.930. The zero-order valence-corrected chi connectivity index (χ0v) is 18.5. The Morgan fingerprint density at radius 2 is 1.79 bits per heavy atom. The summed E-state index contributed by atoms with van der Waals surface area (Å²) in [5.74, 6) is 0.555. The first kappa shape index (κ1) is 22.1. The van der Waals surface area contributed by atoms with Gasteiger partial charge in [-0.15, -0.1) is 0 Å². The van der Waals surface area contributed by atoms with Gasteiger partial charge < -0.3 is 24.9 Å². The number of benzene rings is 2. The molecule has 174 valence electrons. The Bertz CT molecular complexity index is 1260. The van der Waals surface area contributed by atoms with Crippen LogP contribution in [0, 0.1) is 11.2 Å². The van der Waals surface area contributed by atoms with Crippen LogP contribution in [-0.4, -0.2) is 44.9 Å². The van der Waals surface area contributed by atoms with Crippen molar-refractivity contribution in [2.75, 3.05) is 25.1 Å². The van der Waals surface area contributed by atoms with E-state index in [1.54, 1.807) is 24.4 Å². The van der Waals surface area contributed by atoms with Crippen molar-refractivity contribution in [3.63, 3.8) is 0 Å². The molecule has 1 aliphatic rings. The Balaban J connectivity index is 1.51. The van der Waals surface area contributed by atoms with Crippen LogP contribution in [0.15, 0.2) is 66.9 Å². The lowest BCUT2D eigenvalue weighted by molar-refractivity contribution is -0.239. The highest BCUT2D eigenvalue weighted by atomic mass is 19.1. The number of aliphatic hydroxyl groups is 1. The zero-order valence-electron chi connectivity index (χ0n) is 18.5. The van der Waals surface area contributed by atoms with Gasteiger partial charge in [0.25, 0.3) is 0 Å². The lowest BCUT2D eigenvalue weighted by Crippen LogP contribution is -2.39. The molecule has 4 aromatic rings. The molecule has 0 radical (unpaired) electrons. The molecule has 2 aromatic carbocycles. The van der Waals surface area contributed by atoms with E-state index in [2.05, 4.69) is 20.3 Å². The molecular formula is C25H24FN5O3. The van der Waals surface area contributed by atoms with E-state index in [1.807, 2.05) is 37.3 Å². The minimum Gasteiger partial charge on any atom is -0.396 e. The van der Waals surface area contributed by atoms with Gasteiger partial charge in [-0.05, 0) is 42.5 Å². The first-order valence-electron chi connectivity index (χ1n) is 10.9. The molecule has 34 heavy (non-hydrogen) atoms. The van der Waals surface area contributed by atoms with Crippen molar-refractivity contribution in [1.82, 2.24) is 19.9 Å². The maximum Gasteiger partial charge on any atom is 0.227 e. The van der Waals surface area contributed by atoms with Gasteiger partial charge in [-0.25, -0.2) is 19.3 Å². The molecule has 5 rings (SSSR count). The topological polar surface area (TPSA) is 105 Å². The van der Waals surface area contributed by atoms with Crippen LogP contribution in [0.3, 0.4) is 0 Å². The predicted molar refractivity (Wildman–Crippen MR) is 125 cm³/mol. The number of nitrogens with one attached hydrogen (secondary N) is 2. The van der Waals surface area contributed by atoms with Crippen LogP contribution in [0.5, 0.6) is 0 Å². The van der Waals surface area contributed by atoms with Crippen molar-refractivity contribution >= 4 is 11.6 Å². The van der Waals surface area contributed by atoms with E-state index in [4.69, 9.17) is 14.5 Å². The third-order valence-electron chi connectivity index (χ3n) is 5.55. The maximum absolute atomic E-state index is 13.6. The molecule has 0 spiro atoms. The fourth-order valence-corrected chi connectivity index (χ4v) is 3.61. The molecule has 0 aliphatic carbocycles. The van der Waals surface area contributed by atoms with E-state index in [-0.39, 0.29) is 12.4 Å². The fourth-order valence-electron chi connectivity index (χ4n) is 3.61. The molecule has 0 bridgehead atoms. The number of H-pyrrole nitrogens is 1. The molecule has 1 saturated heterocycles. The normalized spacial score (nSPS) is 20.3. The van der Waals surface area contributed by atoms with Gasteiger partial charge in [-0.3, -0.25) is 0 Å². The number of ether oxygens (including phenoxy) is 2. The number of imidazole rings is 1. The summed E-state index contributed by atoms with van der Waals surface area (Å²) in [4.78, 5) is 17.0. The highest BCUT2D eigenvalue weighted by Crippen LogP contribution is 2.35. The van der Waals surface area contributed by atoms with E-state index in [0.717, 1.165) is 5.69 Å². The smallest absolute Gasteiger partial charge is 0.227 e. The fraction of sp³-hybridized carbons (Fsp3) is 0.240. The first-order chi connectivity index (χ1) is 16.5. The first-order valence-corrected chi connectivity index (χ1v) is 10.9. The number of nitrogens with zero attached hydrogens (tertiary/aromatic N) is 3. The van der Waals surface area contributed by atoms with Crippen LogP contribution >= 0.6 is 0 Å². The van der Waals surface area contributed by atoms with Gasteiger partial charge in [0, 0.05) is 22.9 Å². The molecular weight excluding hydrogens is 437 g/mol. The number of hydrogen-bond donors (Lipinski definition) is 3. The summed E-state index contributed by atoms with van der Waals surface area (Å²) in [6, 6.07) is 17.5. The number of para-hydroxylation sites is 1. The molecule has 8 nitrogen and oxygen atoms in total. The number of hydrogen-bond acceptors (Lipinski definition) is 7. The Labute approximate surface area is 195 Å². The number of halogens is 1. The average Bonchev–Trinajstić information content (AvgIpc) is 3.31. The summed E-state index contributed by atoms with van der Waals surface area (Å²) in [5, 5.41) is 12.8. The quantitative estimate of drug-likeness (QED) is 0.389. The van der Waals surface area contributed by atoms with Gasteiger partial charge in [0.15, 0.2) is 5.82 Å². The number of aromatic amines is 1. The minimum absolute atomic E-state index is 0.0396. The third-order valence-corrected chi connectivity index (χ3v) is 5.55. The minimum atomic E-state index is -0.726. The number of anilines is 2. The Kier molecular flexibility index (Phi) is 6.06. The zero-order chi connectivity index (χ0) is 23.5. The molecule has 1 aliphatic heterocycles. The van der Waals surface area contributed by atoms with Crippen molar-refractivity contribution in [3.8, 4) is 22.6 Å². The van der Waals surface area contributed by atoms with E-state index in [9.17, 15) is 9.50 Å². The summed E-state index contributed by atoms with van der Waals surface area (Å²) >= 11 is 0. The summed E-state index contributed by atoms with van der Waals surface area (Å²) in [6.45, 7) is 2.51. The molecule has 0 amide bonds. The van der Waals surface area contributed by atoms with Gasteiger partial charge in [0.05, 0.1) is 36.9 Å². The van der Waals surface area contributed by atoms with Crippen LogP contribution in [0.4, 0.5) is 16.0 Å². The lowest BCUT2D eigenvalue weighted by atomic mass is 9.94. The van der Waals surface area contributed by atoms with Gasteiger partial charge in [-0.1, -0.05) is 25.1 Å². The molecule has 0 unspecified atom stereocenters. The molecule has 0 saturated carbocycles. The number of aromatic nitrogens is 4. The van der Waals surface area contributed by atoms with Crippen molar-refractivity contribution < 1.29 is 19.0 Å². The lowest BCUT2D eigenvalue weighted by Gasteiger charge is -2.35. The van der Waals surface area contributed by atoms with Gasteiger partial charge in [0.1, 0.15) is 5.82 Å². The van der Waals surface area contributed by atoms with Gasteiger partial charge >= 0.3 is 0 Å². The van der Waals surface area contributed by atoms with E-state index in [0.29, 0.717) is 47.6 Å². The number of rotatable bonds is 6. The van der Waals surface area contributed by atoms with Crippen LogP contribution < -0.4 is 5.32 Å². The predicted octanol–water partition coefficient (Wildman–Crippen LogP) is 4.46. The van der Waals surface area contributed by atoms with Crippen LogP contribution in [0.1, 0.15) is 19.0 Å². The highest BCUT2D eigenvalue weighted by Gasteiger charge is 2.34. The second-order valence-corrected chi connectivity index (χ2v) is 8.53. The molecule has 9 heteroatoms. The third kappa shape index (κ3) is 4.67. The van der Waals surface area contributed by atoms with Crippen LogP contribution in [-0.2, 0) is 9.47 Å². The largest absolute Gasteiger partial charge is 0.396 e. The number of aliphatic hydroxyl groups excluding tert-OH is 1. The Morgan fingerprint density at radius 1 is 1.06 bits per heavy atom. The summed E-state index contributed by atoms with van der Waals surface area (Å²) in [5.41, 5.74) is 2.93. The van der Waals surface area contributed by atoms with Crippen LogP contribution in [0.25, 0.3) is 22.6 Å². The average molecular weight is 461 g/mol. The molecule has 3 N–H and O–H groups in total. The monoisotopic (exact) mass is 461 g/mol. The molecule has 0 atom stereocenters. The SMILES string of the molecule is CC1(CO)COC(c2nc(-c3ccc(F)cc3)c(-c3ccnc(Nc4ccccc4)n3)[nH]2)OC1. The second kappa shape index (κ2) is 9.30. The maximum atomic E-state index is 13.6. The van der Waals surface area contributed by atoms with Crippen molar-refractivity contribution in [2.45, 2.75) is 13.2 Å². The summed E-state index contributed by atoms with van der Waals surface area (Å²) < 4.78 is 25.3. The van der Waals surface area contributed by atoms with Gasteiger partial charge in [-0.2, -0.15) is 0 Å². The van der Waals surface area contributed by atoms with E-state index < -0.39 is 11.7 Å². The molecule has 3 heterocycles. The standard InChI is InChI=1S/C25H24FN5O3/c1-25(13-32)14-33-23(34-15-25)22-30-20(16-7-9-17(26)10-8-16)21(31-22)19-11-12-27-24(29-19)28-18-5-3-2-4-6-18/h2-12,23,32H,13-15H2,1H3,(H,30,31)(H,27,28,29). The summed E-state index contributed by atoms with van der Waals surface area (Å²) in [7, 11) is 0. The Morgan fingerprint density at radius 3 is 2.50 bits per heavy atom. The van der Waals surface area contributed by atoms with Crippen LogP contribution in [0.2, 0.25) is 0 Å². The molecule has 2 aromatic heterocycles. The Hall–Kier alpha value is -3.66. The molecule has 1 fully saturated rings. The van der Waals surface area contributed by atoms with Crippen molar-refractivity contribution in [1.29, 1.82) is 0 Å². The highest BCUT2D eigenvalue weighted by molar-refractivity contribution is 5.77. The second-order valence-electron chi connectivity index (χ2n) is 8.53.